The van der Waals surface area contributed by atoms with Gasteiger partial charge in [-0.25, -0.2) is 0 Å². The first-order valence-electron chi connectivity index (χ1n) is 7.53. The SMILES string of the molecule is Cc1cccc(C(Cc2ccc3c(c2)CCC3)C(=O)O)c1. The fraction of sp³-hybridized carbons (Fsp3) is 0.316. The number of aliphatic carboxylic acids is 1. The van der Waals surface area contributed by atoms with E-state index in [1.165, 1.54) is 17.5 Å². The van der Waals surface area contributed by atoms with Gasteiger partial charge in [-0.05, 0) is 54.9 Å². The van der Waals surface area contributed by atoms with Gasteiger partial charge in [0.1, 0.15) is 0 Å². The van der Waals surface area contributed by atoms with E-state index >= 15 is 0 Å². The third kappa shape index (κ3) is 2.99. The molecule has 0 aliphatic heterocycles. The largest absolute Gasteiger partial charge is 0.481 e. The zero-order chi connectivity index (χ0) is 14.8. The van der Waals surface area contributed by atoms with E-state index in [1.54, 1.807) is 0 Å². The van der Waals surface area contributed by atoms with Gasteiger partial charge in [0.15, 0.2) is 0 Å². The topological polar surface area (TPSA) is 37.3 Å². The molecule has 2 aromatic carbocycles. The minimum atomic E-state index is -0.749. The van der Waals surface area contributed by atoms with E-state index in [1.807, 2.05) is 31.2 Å². The molecule has 2 aromatic rings. The van der Waals surface area contributed by atoms with Gasteiger partial charge in [-0.3, -0.25) is 4.79 Å². The monoisotopic (exact) mass is 280 g/mol. The number of benzene rings is 2. The molecule has 1 atom stereocenters. The fourth-order valence-corrected chi connectivity index (χ4v) is 3.22. The molecule has 0 saturated carbocycles. The highest BCUT2D eigenvalue weighted by atomic mass is 16.4. The molecule has 21 heavy (non-hydrogen) atoms. The van der Waals surface area contributed by atoms with Gasteiger partial charge < -0.3 is 5.11 Å². The maximum atomic E-state index is 11.6. The Morgan fingerprint density at radius 3 is 2.71 bits per heavy atom. The predicted molar refractivity (Wildman–Crippen MR) is 83.7 cm³/mol. The summed E-state index contributed by atoms with van der Waals surface area (Å²) in [7, 11) is 0. The molecule has 0 bridgehead atoms. The number of carbonyl (C=O) groups is 1. The Hall–Kier alpha value is -2.09. The summed E-state index contributed by atoms with van der Waals surface area (Å²) < 4.78 is 0. The van der Waals surface area contributed by atoms with Crippen molar-refractivity contribution < 1.29 is 9.90 Å². The van der Waals surface area contributed by atoms with Crippen molar-refractivity contribution in [2.45, 2.75) is 38.5 Å². The summed E-state index contributed by atoms with van der Waals surface area (Å²) in [6.07, 6.45) is 4.08. The summed E-state index contributed by atoms with van der Waals surface area (Å²) in [6, 6.07) is 14.3. The lowest BCUT2D eigenvalue weighted by atomic mass is 9.90. The average Bonchev–Trinajstić information content (AvgIpc) is 2.92. The second-order valence-corrected chi connectivity index (χ2v) is 5.97. The van der Waals surface area contributed by atoms with Crippen LogP contribution in [0.15, 0.2) is 42.5 Å². The molecule has 3 rings (SSSR count). The summed E-state index contributed by atoms with van der Waals surface area (Å²) >= 11 is 0. The first kappa shape index (κ1) is 13.9. The molecule has 1 aliphatic carbocycles. The van der Waals surface area contributed by atoms with E-state index in [0.29, 0.717) is 6.42 Å². The number of carboxylic acids is 1. The predicted octanol–water partition coefficient (Wildman–Crippen LogP) is 3.89. The number of rotatable bonds is 4. The smallest absolute Gasteiger partial charge is 0.311 e. The molecular weight excluding hydrogens is 260 g/mol. The normalized spacial score (nSPS) is 14.7. The first-order valence-corrected chi connectivity index (χ1v) is 7.53. The lowest BCUT2D eigenvalue weighted by molar-refractivity contribution is -0.138. The molecule has 0 saturated heterocycles. The van der Waals surface area contributed by atoms with E-state index in [4.69, 9.17) is 0 Å². The van der Waals surface area contributed by atoms with E-state index in [9.17, 15) is 9.90 Å². The van der Waals surface area contributed by atoms with Crippen LogP contribution in [0.25, 0.3) is 0 Å². The zero-order valence-electron chi connectivity index (χ0n) is 12.3. The van der Waals surface area contributed by atoms with Gasteiger partial charge in [-0.15, -0.1) is 0 Å². The second kappa shape index (κ2) is 5.72. The summed E-state index contributed by atoms with van der Waals surface area (Å²) in [5, 5.41) is 9.57. The van der Waals surface area contributed by atoms with Crippen molar-refractivity contribution in [2.24, 2.45) is 0 Å². The average molecular weight is 280 g/mol. The van der Waals surface area contributed by atoms with Crippen LogP contribution in [0.4, 0.5) is 0 Å². The summed E-state index contributed by atoms with van der Waals surface area (Å²) in [4.78, 5) is 11.6. The third-order valence-corrected chi connectivity index (χ3v) is 4.35. The van der Waals surface area contributed by atoms with Gasteiger partial charge >= 0.3 is 5.97 Å². The molecule has 2 heteroatoms. The molecular formula is C19H20O2. The van der Waals surface area contributed by atoms with Crippen LogP contribution in [0.5, 0.6) is 0 Å². The van der Waals surface area contributed by atoms with E-state index < -0.39 is 11.9 Å². The molecule has 1 N–H and O–H groups in total. The number of aryl methyl sites for hydroxylation is 3. The van der Waals surface area contributed by atoms with Crippen LogP contribution in [0.2, 0.25) is 0 Å². The van der Waals surface area contributed by atoms with Crippen molar-refractivity contribution in [2.75, 3.05) is 0 Å². The maximum Gasteiger partial charge on any atom is 0.311 e. The number of fused-ring (bicyclic) bond motifs is 1. The molecule has 0 heterocycles. The van der Waals surface area contributed by atoms with Gasteiger partial charge in [-0.2, -0.15) is 0 Å². The zero-order valence-corrected chi connectivity index (χ0v) is 12.3. The van der Waals surface area contributed by atoms with E-state index in [-0.39, 0.29) is 0 Å². The van der Waals surface area contributed by atoms with Crippen LogP contribution in [-0.4, -0.2) is 11.1 Å². The quantitative estimate of drug-likeness (QED) is 0.922. The van der Waals surface area contributed by atoms with Gasteiger partial charge in [0.2, 0.25) is 0 Å². The van der Waals surface area contributed by atoms with Crippen LogP contribution >= 0.6 is 0 Å². The standard InChI is InChI=1S/C19H20O2/c1-13-4-2-7-17(10-13)18(19(20)21)12-14-8-9-15-5-3-6-16(15)11-14/h2,4,7-11,18H,3,5-6,12H2,1H3,(H,20,21). The minimum Gasteiger partial charge on any atom is -0.481 e. The van der Waals surface area contributed by atoms with Crippen molar-refractivity contribution in [1.29, 1.82) is 0 Å². The number of hydrogen-bond acceptors (Lipinski definition) is 1. The highest BCUT2D eigenvalue weighted by Crippen LogP contribution is 2.27. The van der Waals surface area contributed by atoms with Crippen LogP contribution in [-0.2, 0) is 24.1 Å². The molecule has 2 nitrogen and oxygen atoms in total. The second-order valence-electron chi connectivity index (χ2n) is 5.97. The van der Waals surface area contributed by atoms with Crippen LogP contribution < -0.4 is 0 Å². The lowest BCUT2D eigenvalue weighted by Gasteiger charge is -2.14. The Bertz CT molecular complexity index is 673. The molecule has 0 amide bonds. The van der Waals surface area contributed by atoms with Gasteiger partial charge in [-0.1, -0.05) is 48.0 Å². The highest BCUT2D eigenvalue weighted by Gasteiger charge is 2.21. The Morgan fingerprint density at radius 1 is 1.14 bits per heavy atom. The lowest BCUT2D eigenvalue weighted by Crippen LogP contribution is -2.14. The van der Waals surface area contributed by atoms with Crippen molar-refractivity contribution in [1.82, 2.24) is 0 Å². The van der Waals surface area contributed by atoms with Crippen molar-refractivity contribution >= 4 is 5.97 Å². The number of hydrogen-bond donors (Lipinski definition) is 1. The van der Waals surface area contributed by atoms with Gasteiger partial charge in [0.25, 0.3) is 0 Å². The minimum absolute atomic E-state index is 0.468. The maximum absolute atomic E-state index is 11.6. The van der Waals surface area contributed by atoms with Gasteiger partial charge in [0, 0.05) is 0 Å². The van der Waals surface area contributed by atoms with Crippen molar-refractivity contribution in [3.8, 4) is 0 Å². The Morgan fingerprint density at radius 2 is 1.95 bits per heavy atom. The fourth-order valence-electron chi connectivity index (χ4n) is 3.22. The summed E-state index contributed by atoms with van der Waals surface area (Å²) in [5.41, 5.74) is 5.96. The summed E-state index contributed by atoms with van der Waals surface area (Å²) in [6.45, 7) is 2.00. The van der Waals surface area contributed by atoms with E-state index in [0.717, 1.165) is 29.5 Å². The van der Waals surface area contributed by atoms with Crippen molar-refractivity contribution in [3.05, 3.63) is 70.3 Å². The Labute approximate surface area is 125 Å². The Kier molecular flexibility index (Phi) is 3.78. The number of carboxylic acid groups (broad SMARTS) is 1. The van der Waals surface area contributed by atoms with Crippen LogP contribution in [0.1, 0.15) is 40.2 Å². The van der Waals surface area contributed by atoms with E-state index in [2.05, 4.69) is 18.2 Å². The molecule has 1 aliphatic rings. The highest BCUT2D eigenvalue weighted by molar-refractivity contribution is 5.76. The summed E-state index contributed by atoms with van der Waals surface area (Å²) in [5.74, 6) is -1.22. The van der Waals surface area contributed by atoms with Crippen LogP contribution in [0.3, 0.4) is 0 Å². The molecule has 1 unspecified atom stereocenters. The molecule has 0 aromatic heterocycles. The molecule has 0 fully saturated rings. The van der Waals surface area contributed by atoms with Crippen molar-refractivity contribution in [3.63, 3.8) is 0 Å². The third-order valence-electron chi connectivity index (χ3n) is 4.35. The van der Waals surface area contributed by atoms with Crippen LogP contribution in [0, 0.1) is 6.92 Å². The molecule has 0 radical (unpaired) electrons. The first-order chi connectivity index (χ1) is 10.1. The van der Waals surface area contributed by atoms with Gasteiger partial charge in [0.05, 0.1) is 5.92 Å². The molecule has 0 spiro atoms. The Balaban J connectivity index is 1.87. The molecule has 108 valence electrons.